The molecule has 0 aliphatic rings. The number of aromatic hydroxyl groups is 1. The Morgan fingerprint density at radius 3 is 2.94 bits per heavy atom. The lowest BCUT2D eigenvalue weighted by Crippen LogP contribution is -2.25. The van der Waals surface area contributed by atoms with E-state index in [2.05, 4.69) is 5.32 Å². The van der Waals surface area contributed by atoms with Gasteiger partial charge in [0.25, 0.3) is 5.91 Å². The van der Waals surface area contributed by atoms with Crippen LogP contribution in [0.3, 0.4) is 0 Å². The molecule has 0 bridgehead atoms. The van der Waals surface area contributed by atoms with Crippen LogP contribution in [-0.4, -0.2) is 37.3 Å². The van der Waals surface area contributed by atoms with Gasteiger partial charge in [0.1, 0.15) is 5.75 Å². The highest BCUT2D eigenvalue weighted by atomic mass is 35.5. The maximum Gasteiger partial charge on any atom is 0.252 e. The molecule has 1 aromatic carbocycles. The standard InChI is InChI=1S/C12H17ClN2O3/c13-11-3-2-9(16)8-10(11)12(17)15-5-1-6-18-7-4-14/h2-3,8,16H,1,4-7,14H2,(H,15,17). The molecule has 0 spiro atoms. The average Bonchev–Trinajstić information content (AvgIpc) is 2.36. The molecular formula is C12H17ClN2O3. The quantitative estimate of drug-likeness (QED) is 0.650. The third-order valence-corrected chi connectivity index (χ3v) is 2.54. The van der Waals surface area contributed by atoms with Gasteiger partial charge in [0, 0.05) is 19.7 Å². The summed E-state index contributed by atoms with van der Waals surface area (Å²) in [6, 6.07) is 4.25. The van der Waals surface area contributed by atoms with E-state index in [-0.39, 0.29) is 17.2 Å². The number of nitrogens with two attached hydrogens (primary N) is 1. The third kappa shape index (κ3) is 4.91. The Morgan fingerprint density at radius 2 is 2.22 bits per heavy atom. The van der Waals surface area contributed by atoms with E-state index < -0.39 is 0 Å². The Kier molecular flexibility index (Phi) is 6.49. The molecule has 0 heterocycles. The predicted molar refractivity (Wildman–Crippen MR) is 69.9 cm³/mol. The number of rotatable bonds is 7. The average molecular weight is 273 g/mol. The smallest absolute Gasteiger partial charge is 0.252 e. The largest absolute Gasteiger partial charge is 0.508 e. The van der Waals surface area contributed by atoms with Crippen molar-refractivity contribution in [1.82, 2.24) is 5.32 Å². The molecule has 1 aromatic rings. The molecule has 5 nitrogen and oxygen atoms in total. The number of hydrogen-bond donors (Lipinski definition) is 3. The van der Waals surface area contributed by atoms with Gasteiger partial charge < -0.3 is 20.9 Å². The van der Waals surface area contributed by atoms with E-state index in [0.29, 0.717) is 37.7 Å². The van der Waals surface area contributed by atoms with Gasteiger partial charge in [-0.1, -0.05) is 11.6 Å². The monoisotopic (exact) mass is 272 g/mol. The normalized spacial score (nSPS) is 10.3. The van der Waals surface area contributed by atoms with Crippen molar-refractivity contribution in [2.75, 3.05) is 26.3 Å². The zero-order valence-corrected chi connectivity index (χ0v) is 10.7. The molecule has 1 amide bonds. The summed E-state index contributed by atoms with van der Waals surface area (Å²) >= 11 is 5.86. The molecule has 0 atom stereocenters. The number of nitrogens with one attached hydrogen (secondary N) is 1. The van der Waals surface area contributed by atoms with E-state index in [1.54, 1.807) is 0 Å². The summed E-state index contributed by atoms with van der Waals surface area (Å²) in [5, 5.41) is 12.3. The second-order valence-corrected chi connectivity index (χ2v) is 4.08. The lowest BCUT2D eigenvalue weighted by molar-refractivity contribution is 0.0943. The summed E-state index contributed by atoms with van der Waals surface area (Å²) in [6.45, 7) is 2.04. The number of benzene rings is 1. The number of halogens is 1. The second kappa shape index (κ2) is 7.92. The maximum absolute atomic E-state index is 11.7. The highest BCUT2D eigenvalue weighted by Gasteiger charge is 2.10. The van der Waals surface area contributed by atoms with Gasteiger partial charge in [-0.15, -0.1) is 0 Å². The van der Waals surface area contributed by atoms with Crippen LogP contribution < -0.4 is 11.1 Å². The Hall–Kier alpha value is -1.30. The molecule has 0 radical (unpaired) electrons. The first-order chi connectivity index (χ1) is 8.65. The fraction of sp³-hybridized carbons (Fsp3) is 0.417. The van der Waals surface area contributed by atoms with Crippen molar-refractivity contribution in [1.29, 1.82) is 0 Å². The molecule has 0 saturated carbocycles. The third-order valence-electron chi connectivity index (χ3n) is 2.21. The highest BCUT2D eigenvalue weighted by molar-refractivity contribution is 6.33. The number of amides is 1. The first-order valence-corrected chi connectivity index (χ1v) is 6.07. The van der Waals surface area contributed by atoms with Crippen LogP contribution in [-0.2, 0) is 4.74 Å². The number of carbonyl (C=O) groups is 1. The van der Waals surface area contributed by atoms with Gasteiger partial charge in [0.15, 0.2) is 0 Å². The maximum atomic E-state index is 11.7. The lowest BCUT2D eigenvalue weighted by atomic mass is 10.2. The molecule has 1 rings (SSSR count). The van der Waals surface area contributed by atoms with E-state index in [1.807, 2.05) is 0 Å². The topological polar surface area (TPSA) is 84.6 Å². The van der Waals surface area contributed by atoms with E-state index in [1.165, 1.54) is 18.2 Å². The molecule has 0 aromatic heterocycles. The van der Waals surface area contributed by atoms with E-state index in [0.717, 1.165) is 0 Å². The van der Waals surface area contributed by atoms with Crippen LogP contribution in [0.15, 0.2) is 18.2 Å². The number of phenolic OH excluding ortho intramolecular Hbond substituents is 1. The highest BCUT2D eigenvalue weighted by Crippen LogP contribution is 2.20. The van der Waals surface area contributed by atoms with Crippen molar-refractivity contribution in [3.05, 3.63) is 28.8 Å². The van der Waals surface area contributed by atoms with Gasteiger partial charge in [-0.3, -0.25) is 4.79 Å². The van der Waals surface area contributed by atoms with Gasteiger partial charge in [-0.2, -0.15) is 0 Å². The molecule has 4 N–H and O–H groups in total. The van der Waals surface area contributed by atoms with Crippen molar-refractivity contribution in [2.24, 2.45) is 5.73 Å². The van der Waals surface area contributed by atoms with Crippen LogP contribution in [0.1, 0.15) is 16.8 Å². The SMILES string of the molecule is NCCOCCCNC(=O)c1cc(O)ccc1Cl. The summed E-state index contributed by atoms with van der Waals surface area (Å²) in [5.74, 6) is -0.300. The van der Waals surface area contributed by atoms with Crippen LogP contribution in [0.5, 0.6) is 5.75 Å². The molecule has 6 heteroatoms. The summed E-state index contributed by atoms with van der Waals surface area (Å²) in [7, 11) is 0. The second-order valence-electron chi connectivity index (χ2n) is 3.67. The van der Waals surface area contributed by atoms with Gasteiger partial charge in [-0.25, -0.2) is 0 Å². The minimum absolute atomic E-state index is 0.0100. The minimum Gasteiger partial charge on any atom is -0.508 e. The van der Waals surface area contributed by atoms with Crippen molar-refractivity contribution >= 4 is 17.5 Å². The first-order valence-electron chi connectivity index (χ1n) is 5.69. The molecule has 0 unspecified atom stereocenters. The fourth-order valence-electron chi connectivity index (χ4n) is 1.34. The Morgan fingerprint density at radius 1 is 1.44 bits per heavy atom. The van der Waals surface area contributed by atoms with Crippen LogP contribution >= 0.6 is 11.6 Å². The Labute approximate surface area is 111 Å². The van der Waals surface area contributed by atoms with Gasteiger partial charge in [-0.05, 0) is 24.6 Å². The predicted octanol–water partition coefficient (Wildman–Crippen LogP) is 1.14. The molecule has 0 saturated heterocycles. The molecule has 0 fully saturated rings. The molecule has 100 valence electrons. The summed E-state index contributed by atoms with van der Waals surface area (Å²) in [5.41, 5.74) is 5.53. The Balaban J connectivity index is 2.34. The van der Waals surface area contributed by atoms with Crippen LogP contribution in [0.2, 0.25) is 5.02 Å². The summed E-state index contributed by atoms with van der Waals surface area (Å²) < 4.78 is 5.17. The van der Waals surface area contributed by atoms with Gasteiger partial charge in [0.05, 0.1) is 17.2 Å². The number of phenols is 1. The lowest BCUT2D eigenvalue weighted by Gasteiger charge is -2.07. The van der Waals surface area contributed by atoms with Crippen molar-refractivity contribution in [3.8, 4) is 5.75 Å². The number of carbonyl (C=O) groups excluding carboxylic acids is 1. The van der Waals surface area contributed by atoms with E-state index >= 15 is 0 Å². The van der Waals surface area contributed by atoms with Crippen LogP contribution in [0, 0.1) is 0 Å². The summed E-state index contributed by atoms with van der Waals surface area (Å²) in [4.78, 5) is 11.7. The summed E-state index contributed by atoms with van der Waals surface area (Å²) in [6.07, 6.45) is 0.697. The van der Waals surface area contributed by atoms with E-state index in [4.69, 9.17) is 22.1 Å². The van der Waals surface area contributed by atoms with Crippen molar-refractivity contribution < 1.29 is 14.6 Å². The number of hydrogen-bond acceptors (Lipinski definition) is 4. The van der Waals surface area contributed by atoms with E-state index in [9.17, 15) is 9.90 Å². The first kappa shape index (κ1) is 14.8. The Bertz CT molecular complexity index is 399. The zero-order chi connectivity index (χ0) is 13.4. The zero-order valence-electron chi connectivity index (χ0n) is 9.99. The minimum atomic E-state index is -0.310. The molecule has 0 aliphatic heterocycles. The van der Waals surface area contributed by atoms with Crippen molar-refractivity contribution in [2.45, 2.75) is 6.42 Å². The van der Waals surface area contributed by atoms with Crippen LogP contribution in [0.4, 0.5) is 0 Å². The molecular weight excluding hydrogens is 256 g/mol. The molecule has 0 aliphatic carbocycles. The van der Waals surface area contributed by atoms with Gasteiger partial charge in [0.2, 0.25) is 0 Å². The van der Waals surface area contributed by atoms with Crippen LogP contribution in [0.25, 0.3) is 0 Å². The van der Waals surface area contributed by atoms with Gasteiger partial charge >= 0.3 is 0 Å². The number of ether oxygens (including phenoxy) is 1. The van der Waals surface area contributed by atoms with Crippen molar-refractivity contribution in [3.63, 3.8) is 0 Å². The fourth-order valence-corrected chi connectivity index (χ4v) is 1.55. The molecule has 18 heavy (non-hydrogen) atoms.